The van der Waals surface area contributed by atoms with Gasteiger partial charge in [-0.25, -0.2) is 4.79 Å². The predicted octanol–water partition coefficient (Wildman–Crippen LogP) is 2.72. The summed E-state index contributed by atoms with van der Waals surface area (Å²) >= 11 is 1.71. The fraction of sp³-hybridized carbons (Fsp3) is 0.364. The standard InChI is InChI=1S/C11H12O2S/c1-6-3-9(11(12)13)8-5-7(2)14-10(8)4-6/h3,5-6H,4H2,1-2H3,(H,12,13). The molecule has 1 atom stereocenters. The summed E-state index contributed by atoms with van der Waals surface area (Å²) in [6.45, 7) is 4.08. The van der Waals surface area contributed by atoms with E-state index in [4.69, 9.17) is 5.11 Å². The molecule has 14 heavy (non-hydrogen) atoms. The summed E-state index contributed by atoms with van der Waals surface area (Å²) < 4.78 is 0. The fourth-order valence-electron chi connectivity index (χ4n) is 1.85. The van der Waals surface area contributed by atoms with E-state index in [0.29, 0.717) is 11.5 Å². The predicted molar refractivity (Wildman–Crippen MR) is 57.5 cm³/mol. The molecular weight excluding hydrogens is 196 g/mol. The molecule has 1 N–H and O–H groups in total. The normalized spacial score (nSPS) is 20.1. The van der Waals surface area contributed by atoms with E-state index in [2.05, 4.69) is 6.92 Å². The van der Waals surface area contributed by atoms with Gasteiger partial charge in [-0.05, 0) is 25.3 Å². The quantitative estimate of drug-likeness (QED) is 0.770. The minimum Gasteiger partial charge on any atom is -0.478 e. The summed E-state index contributed by atoms with van der Waals surface area (Å²) in [7, 11) is 0. The number of carbonyl (C=O) groups is 1. The molecule has 0 radical (unpaired) electrons. The van der Waals surface area contributed by atoms with Gasteiger partial charge in [-0.2, -0.15) is 0 Å². The number of hydrogen-bond acceptors (Lipinski definition) is 2. The molecule has 1 unspecified atom stereocenters. The molecule has 2 nitrogen and oxygen atoms in total. The van der Waals surface area contributed by atoms with Gasteiger partial charge < -0.3 is 5.11 Å². The van der Waals surface area contributed by atoms with Crippen molar-refractivity contribution in [2.45, 2.75) is 20.3 Å². The highest BCUT2D eigenvalue weighted by atomic mass is 32.1. The Morgan fingerprint density at radius 3 is 3.00 bits per heavy atom. The topological polar surface area (TPSA) is 37.3 Å². The molecular formula is C11H12O2S. The van der Waals surface area contributed by atoms with Crippen LogP contribution in [0.25, 0.3) is 5.57 Å². The van der Waals surface area contributed by atoms with E-state index in [0.717, 1.165) is 12.0 Å². The lowest BCUT2D eigenvalue weighted by molar-refractivity contribution is -0.130. The number of rotatable bonds is 1. The fourth-order valence-corrected chi connectivity index (χ4v) is 3.04. The van der Waals surface area contributed by atoms with Crippen LogP contribution in [-0.4, -0.2) is 11.1 Å². The van der Waals surface area contributed by atoms with Crippen LogP contribution in [-0.2, 0) is 11.2 Å². The van der Waals surface area contributed by atoms with Crippen molar-refractivity contribution >= 4 is 22.9 Å². The Labute approximate surface area is 86.9 Å². The summed E-state index contributed by atoms with van der Waals surface area (Å²) in [5, 5.41) is 9.05. The summed E-state index contributed by atoms with van der Waals surface area (Å²) in [6.07, 6.45) is 2.83. The molecule has 0 saturated heterocycles. The third kappa shape index (κ3) is 1.48. The van der Waals surface area contributed by atoms with Crippen LogP contribution in [0.2, 0.25) is 0 Å². The van der Waals surface area contributed by atoms with E-state index in [1.54, 1.807) is 11.3 Å². The third-order valence-corrected chi connectivity index (χ3v) is 3.48. The van der Waals surface area contributed by atoms with Crippen LogP contribution >= 0.6 is 11.3 Å². The second-order valence-electron chi connectivity index (χ2n) is 3.76. The van der Waals surface area contributed by atoms with Crippen LogP contribution in [0, 0.1) is 12.8 Å². The van der Waals surface area contributed by atoms with Crippen molar-refractivity contribution in [3.63, 3.8) is 0 Å². The Hall–Kier alpha value is -1.09. The average molecular weight is 208 g/mol. The van der Waals surface area contributed by atoms with Gasteiger partial charge in [0, 0.05) is 15.3 Å². The Balaban J connectivity index is 2.54. The number of fused-ring (bicyclic) bond motifs is 1. The number of thiophene rings is 1. The van der Waals surface area contributed by atoms with Gasteiger partial charge in [-0.3, -0.25) is 0 Å². The lowest BCUT2D eigenvalue weighted by atomic mass is 9.91. The van der Waals surface area contributed by atoms with Crippen LogP contribution in [0.4, 0.5) is 0 Å². The van der Waals surface area contributed by atoms with E-state index in [-0.39, 0.29) is 0 Å². The van der Waals surface area contributed by atoms with Gasteiger partial charge in [-0.15, -0.1) is 11.3 Å². The van der Waals surface area contributed by atoms with Crippen molar-refractivity contribution < 1.29 is 9.90 Å². The minimum atomic E-state index is -0.810. The Kier molecular flexibility index (Phi) is 2.19. The summed E-state index contributed by atoms with van der Waals surface area (Å²) in [6, 6.07) is 1.98. The molecule has 1 aliphatic carbocycles. The van der Waals surface area contributed by atoms with Gasteiger partial charge in [0.2, 0.25) is 0 Å². The van der Waals surface area contributed by atoms with E-state index >= 15 is 0 Å². The molecule has 2 rings (SSSR count). The highest BCUT2D eigenvalue weighted by molar-refractivity contribution is 7.12. The monoisotopic (exact) mass is 208 g/mol. The Morgan fingerprint density at radius 1 is 1.64 bits per heavy atom. The van der Waals surface area contributed by atoms with Crippen LogP contribution in [0.5, 0.6) is 0 Å². The molecule has 0 fully saturated rings. The molecule has 0 amide bonds. The first kappa shape index (κ1) is 9.46. The van der Waals surface area contributed by atoms with E-state index < -0.39 is 5.97 Å². The van der Waals surface area contributed by atoms with E-state index in [1.165, 1.54) is 9.75 Å². The van der Waals surface area contributed by atoms with Crippen LogP contribution in [0.3, 0.4) is 0 Å². The second kappa shape index (κ2) is 3.24. The smallest absolute Gasteiger partial charge is 0.336 e. The Bertz CT molecular complexity index is 415. The summed E-state index contributed by atoms with van der Waals surface area (Å²) in [5.41, 5.74) is 1.40. The molecule has 0 spiro atoms. The minimum absolute atomic E-state index is 0.339. The first-order valence-corrected chi connectivity index (χ1v) is 5.44. The van der Waals surface area contributed by atoms with Crippen LogP contribution in [0.15, 0.2) is 12.1 Å². The van der Waals surface area contributed by atoms with Gasteiger partial charge >= 0.3 is 5.97 Å². The zero-order valence-corrected chi connectivity index (χ0v) is 9.02. The maximum atomic E-state index is 11.0. The largest absolute Gasteiger partial charge is 0.478 e. The molecule has 0 saturated carbocycles. The van der Waals surface area contributed by atoms with Crippen molar-refractivity contribution in [3.8, 4) is 0 Å². The molecule has 0 aliphatic heterocycles. The van der Waals surface area contributed by atoms with E-state index in [9.17, 15) is 4.79 Å². The highest BCUT2D eigenvalue weighted by Crippen LogP contribution is 2.35. The Morgan fingerprint density at radius 2 is 2.36 bits per heavy atom. The number of aliphatic carboxylic acids is 1. The van der Waals surface area contributed by atoms with Gasteiger partial charge in [0.1, 0.15) is 0 Å². The molecule has 0 aromatic carbocycles. The van der Waals surface area contributed by atoms with Crippen LogP contribution in [0.1, 0.15) is 22.2 Å². The summed E-state index contributed by atoms with van der Waals surface area (Å²) in [4.78, 5) is 13.4. The average Bonchev–Trinajstić information content (AvgIpc) is 2.42. The first-order valence-electron chi connectivity index (χ1n) is 4.62. The number of carboxylic acid groups (broad SMARTS) is 1. The lowest BCUT2D eigenvalue weighted by Gasteiger charge is -2.15. The van der Waals surface area contributed by atoms with E-state index in [1.807, 2.05) is 19.1 Å². The number of carboxylic acids is 1. The molecule has 0 bridgehead atoms. The zero-order chi connectivity index (χ0) is 10.3. The van der Waals surface area contributed by atoms with Crippen LogP contribution < -0.4 is 0 Å². The number of allylic oxidation sites excluding steroid dienone is 1. The van der Waals surface area contributed by atoms with Gasteiger partial charge in [0.25, 0.3) is 0 Å². The molecule has 74 valence electrons. The number of aryl methyl sites for hydroxylation is 1. The maximum absolute atomic E-state index is 11.0. The van der Waals surface area contributed by atoms with Crippen molar-refractivity contribution in [1.29, 1.82) is 0 Å². The molecule has 1 aliphatic rings. The SMILES string of the molecule is Cc1cc2c(s1)CC(C)C=C2C(=O)O. The highest BCUT2D eigenvalue weighted by Gasteiger charge is 2.23. The van der Waals surface area contributed by atoms with Gasteiger partial charge in [0.05, 0.1) is 5.57 Å². The lowest BCUT2D eigenvalue weighted by Crippen LogP contribution is -2.10. The third-order valence-electron chi connectivity index (χ3n) is 2.41. The van der Waals surface area contributed by atoms with Gasteiger partial charge in [0.15, 0.2) is 0 Å². The molecule has 1 aromatic heterocycles. The van der Waals surface area contributed by atoms with Crippen molar-refractivity contribution in [3.05, 3.63) is 27.5 Å². The first-order chi connectivity index (χ1) is 6.58. The summed E-state index contributed by atoms with van der Waals surface area (Å²) in [5.74, 6) is -0.470. The van der Waals surface area contributed by atoms with Gasteiger partial charge in [-0.1, -0.05) is 13.0 Å². The zero-order valence-electron chi connectivity index (χ0n) is 8.20. The van der Waals surface area contributed by atoms with Crippen molar-refractivity contribution in [2.24, 2.45) is 5.92 Å². The molecule has 1 heterocycles. The van der Waals surface area contributed by atoms with Crippen molar-refractivity contribution in [2.75, 3.05) is 0 Å². The maximum Gasteiger partial charge on any atom is 0.336 e. The molecule has 1 aromatic rings. The number of hydrogen-bond donors (Lipinski definition) is 1. The second-order valence-corrected chi connectivity index (χ2v) is 5.10. The molecule has 3 heteroatoms. The van der Waals surface area contributed by atoms with Crippen molar-refractivity contribution in [1.82, 2.24) is 0 Å².